The van der Waals surface area contributed by atoms with E-state index in [0.29, 0.717) is 18.3 Å². The fourth-order valence-corrected chi connectivity index (χ4v) is 7.06. The number of piperidine rings is 4. The van der Waals surface area contributed by atoms with Crippen LogP contribution in [0, 0.1) is 11.3 Å². The van der Waals surface area contributed by atoms with Crippen LogP contribution in [0.25, 0.3) is 10.9 Å². The van der Waals surface area contributed by atoms with Crippen molar-refractivity contribution in [3.63, 3.8) is 0 Å². The molecule has 2 aromatic rings. The van der Waals surface area contributed by atoms with E-state index in [-0.39, 0.29) is 17.7 Å². The quantitative estimate of drug-likeness (QED) is 0.639. The molecule has 4 aliphatic rings. The van der Waals surface area contributed by atoms with Crippen molar-refractivity contribution in [2.24, 2.45) is 18.4 Å². The number of benzene rings is 1. The van der Waals surface area contributed by atoms with Crippen molar-refractivity contribution in [3.8, 4) is 0 Å². The Morgan fingerprint density at radius 3 is 2.44 bits per heavy atom. The second-order valence-corrected chi connectivity index (χ2v) is 11.7. The summed E-state index contributed by atoms with van der Waals surface area (Å²) in [6, 6.07) is 6.55. The number of carbonyl (C=O) groups is 2. The number of imide groups is 1. The molecule has 6 rings (SSSR count). The zero-order valence-electron chi connectivity index (χ0n) is 21.6. The number of amides is 2. The lowest BCUT2D eigenvalue weighted by Gasteiger charge is -2.48. The molecule has 0 aliphatic carbocycles. The molecular formula is C28H40N6O2. The Hall–Kier alpha value is -2.45. The number of hydrogen-bond acceptors (Lipinski definition) is 6. The highest BCUT2D eigenvalue weighted by atomic mass is 16.2. The highest BCUT2D eigenvalue weighted by Crippen LogP contribution is 2.43. The third-order valence-corrected chi connectivity index (χ3v) is 9.51. The normalized spacial score (nSPS) is 26.0. The minimum atomic E-state index is -0.354. The molecule has 1 unspecified atom stereocenters. The topological polar surface area (TPSA) is 82.5 Å². The van der Waals surface area contributed by atoms with Crippen LogP contribution >= 0.6 is 0 Å². The fourth-order valence-electron chi connectivity index (χ4n) is 7.06. The lowest BCUT2D eigenvalue weighted by molar-refractivity contribution is -0.134. The maximum absolute atomic E-state index is 12.4. The molecule has 1 aromatic heterocycles. The molecule has 1 aromatic carbocycles. The molecule has 0 bridgehead atoms. The number of nitrogens with one attached hydrogen (secondary N) is 2. The summed E-state index contributed by atoms with van der Waals surface area (Å²) in [5.74, 6) is 0.125. The summed E-state index contributed by atoms with van der Waals surface area (Å²) in [4.78, 5) is 29.3. The molecule has 0 radical (unpaired) electrons. The molecule has 194 valence electrons. The van der Waals surface area contributed by atoms with Gasteiger partial charge in [-0.1, -0.05) is 0 Å². The highest BCUT2D eigenvalue weighted by Gasteiger charge is 2.38. The van der Waals surface area contributed by atoms with Gasteiger partial charge >= 0.3 is 0 Å². The Morgan fingerprint density at radius 1 is 1.00 bits per heavy atom. The molecule has 2 N–H and O–H groups in total. The number of anilines is 1. The van der Waals surface area contributed by atoms with Crippen LogP contribution in [-0.2, 0) is 16.6 Å². The maximum atomic E-state index is 12.4. The number of nitrogens with zero attached hydrogens (tertiary/aromatic N) is 4. The van der Waals surface area contributed by atoms with Crippen molar-refractivity contribution in [1.29, 1.82) is 0 Å². The minimum absolute atomic E-state index is 0.186. The molecule has 8 heteroatoms. The van der Waals surface area contributed by atoms with Gasteiger partial charge in [-0.25, -0.2) is 0 Å². The van der Waals surface area contributed by atoms with Crippen LogP contribution < -0.4 is 15.5 Å². The third-order valence-electron chi connectivity index (χ3n) is 9.51. The number of fused-ring (bicyclic) bond motifs is 1. The molecule has 0 saturated carbocycles. The number of aryl methyl sites for hydroxylation is 1. The van der Waals surface area contributed by atoms with E-state index in [4.69, 9.17) is 5.10 Å². The zero-order valence-corrected chi connectivity index (χ0v) is 21.6. The number of carbonyl (C=O) groups excluding carboxylic acids is 2. The number of aromatic nitrogens is 2. The number of likely N-dealkylation sites (tertiary alicyclic amines) is 1. The van der Waals surface area contributed by atoms with Gasteiger partial charge in [-0.05, 0) is 101 Å². The van der Waals surface area contributed by atoms with Crippen molar-refractivity contribution in [2.75, 3.05) is 50.7 Å². The first kappa shape index (κ1) is 23.9. The monoisotopic (exact) mass is 492 g/mol. The first-order chi connectivity index (χ1) is 17.5. The molecule has 8 nitrogen and oxygen atoms in total. The summed E-state index contributed by atoms with van der Waals surface area (Å²) in [5.41, 5.74) is 3.62. The van der Waals surface area contributed by atoms with E-state index in [9.17, 15) is 9.59 Å². The van der Waals surface area contributed by atoms with Crippen molar-refractivity contribution in [3.05, 3.63) is 23.9 Å². The van der Waals surface area contributed by atoms with Crippen molar-refractivity contribution < 1.29 is 9.59 Å². The Kier molecular flexibility index (Phi) is 6.50. The Balaban J connectivity index is 1.08. The van der Waals surface area contributed by atoms with E-state index in [0.717, 1.165) is 35.6 Å². The van der Waals surface area contributed by atoms with Crippen LogP contribution in [0.15, 0.2) is 18.2 Å². The largest absolute Gasteiger partial charge is 0.371 e. The average Bonchev–Trinajstić information content (AvgIpc) is 3.22. The second kappa shape index (κ2) is 9.78. The van der Waals surface area contributed by atoms with Gasteiger partial charge in [-0.3, -0.25) is 19.6 Å². The lowest BCUT2D eigenvalue weighted by Crippen LogP contribution is -2.48. The molecule has 4 fully saturated rings. The summed E-state index contributed by atoms with van der Waals surface area (Å²) < 4.78 is 1.89. The average molecular weight is 493 g/mol. The Morgan fingerprint density at radius 2 is 1.72 bits per heavy atom. The van der Waals surface area contributed by atoms with Crippen molar-refractivity contribution >= 4 is 28.4 Å². The van der Waals surface area contributed by atoms with Gasteiger partial charge in [0.25, 0.3) is 0 Å². The zero-order chi connectivity index (χ0) is 24.7. The summed E-state index contributed by atoms with van der Waals surface area (Å²) in [6.07, 6.45) is 8.83. The lowest BCUT2D eigenvalue weighted by atomic mass is 9.71. The van der Waals surface area contributed by atoms with E-state index in [1.54, 1.807) is 0 Å². The maximum Gasteiger partial charge on any atom is 0.235 e. The van der Waals surface area contributed by atoms with Gasteiger partial charge in [-0.15, -0.1) is 0 Å². The van der Waals surface area contributed by atoms with E-state index in [2.05, 4.69) is 38.6 Å². The first-order valence-electron chi connectivity index (χ1n) is 14.0. The van der Waals surface area contributed by atoms with Gasteiger partial charge in [0.05, 0.1) is 17.1 Å². The molecular weight excluding hydrogens is 452 g/mol. The molecule has 36 heavy (non-hydrogen) atoms. The van der Waals surface area contributed by atoms with Crippen LogP contribution in [0.1, 0.15) is 63.0 Å². The molecule has 2 amide bonds. The number of rotatable bonds is 4. The van der Waals surface area contributed by atoms with Crippen LogP contribution in [0.3, 0.4) is 0 Å². The van der Waals surface area contributed by atoms with Gasteiger partial charge in [-0.2, -0.15) is 5.10 Å². The Labute approximate surface area is 213 Å². The van der Waals surface area contributed by atoms with E-state index in [1.165, 1.54) is 76.9 Å². The van der Waals surface area contributed by atoms with Crippen LogP contribution in [0.4, 0.5) is 5.69 Å². The summed E-state index contributed by atoms with van der Waals surface area (Å²) in [6.45, 7) is 8.45. The summed E-state index contributed by atoms with van der Waals surface area (Å²) in [7, 11) is 1.95. The van der Waals surface area contributed by atoms with E-state index >= 15 is 0 Å². The minimum Gasteiger partial charge on any atom is -0.371 e. The van der Waals surface area contributed by atoms with Crippen LogP contribution in [0.5, 0.6) is 0 Å². The van der Waals surface area contributed by atoms with Crippen LogP contribution in [0.2, 0.25) is 0 Å². The standard InChI is InChI=1S/C28H40N6O2/c1-32-24-18-21(2-3-22(24)26(31-32)23-4-5-25(35)30-27(23)36)34-16-10-28(11-17-34)8-14-33(15-9-28)19-20-6-12-29-13-7-20/h2-3,18,20,23,29H,4-17,19H2,1H3,(H,30,35,36). The predicted octanol–water partition coefficient (Wildman–Crippen LogP) is 2.78. The van der Waals surface area contributed by atoms with Crippen molar-refractivity contribution in [1.82, 2.24) is 25.3 Å². The molecule has 5 heterocycles. The van der Waals surface area contributed by atoms with Gasteiger partial charge in [0.1, 0.15) is 0 Å². The van der Waals surface area contributed by atoms with E-state index < -0.39 is 0 Å². The molecule has 4 aliphatic heterocycles. The van der Waals surface area contributed by atoms with Gasteiger partial charge in [0, 0.05) is 44.2 Å². The van der Waals surface area contributed by atoms with Crippen molar-refractivity contribution in [2.45, 2.75) is 57.3 Å². The van der Waals surface area contributed by atoms with Gasteiger partial charge in [0.15, 0.2) is 0 Å². The highest BCUT2D eigenvalue weighted by molar-refractivity contribution is 6.02. The van der Waals surface area contributed by atoms with Crippen LogP contribution in [-0.4, -0.2) is 72.3 Å². The van der Waals surface area contributed by atoms with Gasteiger partial charge in [0.2, 0.25) is 11.8 Å². The molecule has 1 atom stereocenters. The SMILES string of the molecule is Cn1nc(C2CCC(=O)NC2=O)c2ccc(N3CCC4(CCN(CC5CCNCC5)CC4)CC3)cc21. The Bertz CT molecular complexity index is 1120. The smallest absolute Gasteiger partial charge is 0.235 e. The predicted molar refractivity (Wildman–Crippen MR) is 141 cm³/mol. The fraction of sp³-hybridized carbons (Fsp3) is 0.679. The summed E-state index contributed by atoms with van der Waals surface area (Å²) in [5, 5.41) is 11.7. The van der Waals surface area contributed by atoms with Gasteiger partial charge < -0.3 is 15.1 Å². The molecule has 1 spiro atoms. The molecule has 4 saturated heterocycles. The second-order valence-electron chi connectivity index (χ2n) is 11.7. The van der Waals surface area contributed by atoms with E-state index in [1.807, 2.05) is 11.7 Å². The number of hydrogen-bond donors (Lipinski definition) is 2. The summed E-state index contributed by atoms with van der Waals surface area (Å²) >= 11 is 0. The third kappa shape index (κ3) is 4.65. The first-order valence-corrected chi connectivity index (χ1v) is 14.0.